The maximum atomic E-state index is 3.94. The summed E-state index contributed by atoms with van der Waals surface area (Å²) in [5, 5.41) is 0. The third-order valence-corrected chi connectivity index (χ3v) is 3.85. The number of nitrogens with zero attached hydrogens (tertiary/aromatic N) is 1. The number of halogens is 1. The Labute approximate surface area is 134 Å². The highest BCUT2D eigenvalue weighted by molar-refractivity contribution is 5.19. The van der Waals surface area contributed by atoms with Crippen molar-refractivity contribution in [2.24, 2.45) is 0 Å². The van der Waals surface area contributed by atoms with Crippen LogP contribution in [0, 0.1) is 0 Å². The summed E-state index contributed by atoms with van der Waals surface area (Å²) in [5.41, 5.74) is 2.76. The molecule has 2 heteroatoms. The molecule has 2 aromatic rings. The van der Waals surface area contributed by atoms with E-state index in [0.717, 1.165) is 17.4 Å². The first-order valence-electron chi connectivity index (χ1n) is 7.16. The molecule has 0 N–H and O–H groups in total. The van der Waals surface area contributed by atoms with E-state index in [9.17, 15) is 0 Å². The molecule has 1 atom stereocenters. The van der Waals surface area contributed by atoms with Crippen molar-refractivity contribution < 1.29 is 16.9 Å². The van der Waals surface area contributed by atoms with Crippen LogP contribution in [-0.2, 0) is 6.54 Å². The molecule has 1 nitrogen and oxygen atoms in total. The van der Waals surface area contributed by atoms with E-state index in [2.05, 4.69) is 81.3 Å². The maximum Gasteiger partial charge on any atom is 0.118 e. The number of hydrogen-bond donors (Lipinski definition) is 0. The van der Waals surface area contributed by atoms with Crippen LogP contribution in [-0.4, -0.2) is 18.6 Å². The molecule has 0 spiro atoms. The Bertz CT molecular complexity index is 534. The van der Waals surface area contributed by atoms with Crippen molar-refractivity contribution in [2.45, 2.75) is 19.0 Å². The Morgan fingerprint density at radius 2 is 1.48 bits per heavy atom. The molecule has 1 unspecified atom stereocenters. The molecule has 0 heterocycles. The zero-order valence-corrected chi connectivity index (χ0v) is 13.6. The van der Waals surface area contributed by atoms with Gasteiger partial charge >= 0.3 is 0 Å². The Balaban J connectivity index is 0.00000220. The lowest BCUT2D eigenvalue weighted by atomic mass is 9.99. The van der Waals surface area contributed by atoms with Crippen LogP contribution < -0.4 is 12.4 Å². The van der Waals surface area contributed by atoms with E-state index < -0.39 is 0 Å². The molecule has 2 rings (SSSR count). The van der Waals surface area contributed by atoms with E-state index in [0.29, 0.717) is 6.04 Å². The molecule has 0 aromatic heterocycles. The Hall–Kier alpha value is -1.57. The second-order valence-corrected chi connectivity index (χ2v) is 5.87. The first kappa shape index (κ1) is 17.5. The maximum absolute atomic E-state index is 3.94. The van der Waals surface area contributed by atoms with Crippen LogP contribution in [0.1, 0.15) is 23.6 Å². The summed E-state index contributed by atoms with van der Waals surface area (Å²) in [6.07, 6.45) is 3.02. The molecule has 0 aliphatic carbocycles. The second kappa shape index (κ2) is 8.02. The van der Waals surface area contributed by atoms with Crippen molar-refractivity contribution in [2.75, 3.05) is 14.1 Å². The monoisotopic (exact) mass is 301 g/mol. The first-order chi connectivity index (χ1) is 9.63. The fourth-order valence-electron chi connectivity index (χ4n) is 2.82. The average molecular weight is 302 g/mol. The Morgan fingerprint density at radius 1 is 0.952 bits per heavy atom. The largest absolute Gasteiger partial charge is 1.00 e. The number of hydrogen-bond acceptors (Lipinski definition) is 0. The van der Waals surface area contributed by atoms with Crippen LogP contribution in [0.4, 0.5) is 0 Å². The van der Waals surface area contributed by atoms with Gasteiger partial charge in [0, 0.05) is 17.5 Å². The van der Waals surface area contributed by atoms with Gasteiger partial charge in [-0.3, -0.25) is 0 Å². The van der Waals surface area contributed by atoms with Crippen molar-refractivity contribution in [3.05, 3.63) is 84.4 Å². The van der Waals surface area contributed by atoms with Gasteiger partial charge in [0.25, 0.3) is 0 Å². The van der Waals surface area contributed by atoms with Crippen molar-refractivity contribution in [1.29, 1.82) is 0 Å². The summed E-state index contributed by atoms with van der Waals surface area (Å²) in [6.45, 7) is 4.96. The van der Waals surface area contributed by atoms with Gasteiger partial charge in [-0.05, 0) is 0 Å². The van der Waals surface area contributed by atoms with Gasteiger partial charge in [0.2, 0.25) is 0 Å². The summed E-state index contributed by atoms with van der Waals surface area (Å²) < 4.78 is 0.931. The number of benzene rings is 2. The first-order valence-corrected chi connectivity index (χ1v) is 7.16. The average Bonchev–Trinajstić information content (AvgIpc) is 2.46. The SMILES string of the molecule is C=CCC(c1ccccc1)[N+](C)(C)Cc1ccccc1.[Cl-]. The highest BCUT2D eigenvalue weighted by atomic mass is 35.5. The van der Waals surface area contributed by atoms with Crippen LogP contribution in [0.15, 0.2) is 73.3 Å². The number of rotatable bonds is 6. The quantitative estimate of drug-likeness (QED) is 0.561. The van der Waals surface area contributed by atoms with Crippen molar-refractivity contribution in [3.63, 3.8) is 0 Å². The molecule has 0 saturated carbocycles. The molecule has 0 aliphatic heterocycles. The molecular weight excluding hydrogens is 278 g/mol. The van der Waals surface area contributed by atoms with Gasteiger partial charge in [0.05, 0.1) is 14.1 Å². The second-order valence-electron chi connectivity index (χ2n) is 5.87. The number of quaternary nitrogens is 1. The molecule has 2 aromatic carbocycles. The zero-order chi connectivity index (χ0) is 14.4. The predicted octanol–water partition coefficient (Wildman–Crippen LogP) is 1.58. The van der Waals surface area contributed by atoms with E-state index in [1.165, 1.54) is 11.1 Å². The summed E-state index contributed by atoms with van der Waals surface area (Å²) in [4.78, 5) is 0. The summed E-state index contributed by atoms with van der Waals surface area (Å²) >= 11 is 0. The lowest BCUT2D eigenvalue weighted by molar-refractivity contribution is -0.933. The van der Waals surface area contributed by atoms with Gasteiger partial charge < -0.3 is 16.9 Å². The molecule has 0 aliphatic rings. The van der Waals surface area contributed by atoms with Gasteiger partial charge in [-0.25, -0.2) is 0 Å². The summed E-state index contributed by atoms with van der Waals surface area (Å²) in [7, 11) is 4.60. The van der Waals surface area contributed by atoms with Crippen LogP contribution in [0.25, 0.3) is 0 Å². The summed E-state index contributed by atoms with van der Waals surface area (Å²) in [5.74, 6) is 0. The minimum absolute atomic E-state index is 0. The summed E-state index contributed by atoms with van der Waals surface area (Å²) in [6, 6.07) is 21.9. The van der Waals surface area contributed by atoms with Gasteiger partial charge in [-0.1, -0.05) is 66.7 Å². The molecule has 0 fully saturated rings. The molecule has 21 heavy (non-hydrogen) atoms. The molecule has 0 radical (unpaired) electrons. The topological polar surface area (TPSA) is 0 Å². The van der Waals surface area contributed by atoms with Gasteiger partial charge in [-0.15, -0.1) is 6.58 Å². The van der Waals surface area contributed by atoms with Crippen LogP contribution in [0.3, 0.4) is 0 Å². The van der Waals surface area contributed by atoms with Gasteiger partial charge in [0.15, 0.2) is 0 Å². The Morgan fingerprint density at radius 3 is 2.00 bits per heavy atom. The predicted molar refractivity (Wildman–Crippen MR) is 86.3 cm³/mol. The van der Waals surface area contributed by atoms with E-state index in [-0.39, 0.29) is 12.4 Å². The van der Waals surface area contributed by atoms with Crippen molar-refractivity contribution >= 4 is 0 Å². The van der Waals surface area contributed by atoms with Crippen molar-refractivity contribution in [3.8, 4) is 0 Å². The van der Waals surface area contributed by atoms with E-state index in [4.69, 9.17) is 0 Å². The molecule has 0 amide bonds. The highest BCUT2D eigenvalue weighted by Gasteiger charge is 2.28. The Kier molecular flexibility index (Phi) is 6.67. The normalized spacial score (nSPS) is 12.3. The fourth-order valence-corrected chi connectivity index (χ4v) is 2.82. The third kappa shape index (κ3) is 4.73. The van der Waals surface area contributed by atoms with E-state index >= 15 is 0 Å². The van der Waals surface area contributed by atoms with Crippen molar-refractivity contribution in [1.82, 2.24) is 0 Å². The fraction of sp³-hybridized carbons (Fsp3) is 0.263. The minimum atomic E-state index is 0. The molecule has 0 bridgehead atoms. The zero-order valence-electron chi connectivity index (χ0n) is 12.9. The smallest absolute Gasteiger partial charge is 0.118 e. The molecule has 0 saturated heterocycles. The lowest BCUT2D eigenvalue weighted by Gasteiger charge is -2.38. The molecule has 112 valence electrons. The van der Waals surface area contributed by atoms with Gasteiger partial charge in [-0.2, -0.15) is 0 Å². The standard InChI is InChI=1S/C19H24N.ClH/c1-4-11-19(18-14-9-6-10-15-18)20(2,3)16-17-12-7-5-8-13-17;/h4-10,12-15,19H,1,11,16H2,2-3H3;1H/q+1;/p-1. The van der Waals surface area contributed by atoms with E-state index in [1.54, 1.807) is 0 Å². The minimum Gasteiger partial charge on any atom is -1.00 e. The van der Waals surface area contributed by atoms with Crippen LogP contribution >= 0.6 is 0 Å². The third-order valence-electron chi connectivity index (χ3n) is 3.85. The van der Waals surface area contributed by atoms with Crippen LogP contribution in [0.5, 0.6) is 0 Å². The highest BCUT2D eigenvalue weighted by Crippen LogP contribution is 2.30. The lowest BCUT2D eigenvalue weighted by Crippen LogP contribution is -3.00. The van der Waals surface area contributed by atoms with Gasteiger partial charge in [0.1, 0.15) is 12.6 Å². The van der Waals surface area contributed by atoms with E-state index in [1.807, 2.05) is 6.08 Å². The van der Waals surface area contributed by atoms with Crippen LogP contribution in [0.2, 0.25) is 0 Å². The molecular formula is C19H24ClN.